The van der Waals surface area contributed by atoms with Crippen LogP contribution in [0.2, 0.25) is 0 Å². The molecule has 0 amide bonds. The van der Waals surface area contributed by atoms with Gasteiger partial charge in [0.1, 0.15) is 11.5 Å². The smallest absolute Gasteiger partial charge is 0.423 e. The van der Waals surface area contributed by atoms with E-state index in [9.17, 15) is 8.78 Å². The minimum atomic E-state index is -1.25. The molecule has 0 bridgehead atoms. The number of rotatable bonds is 0. The van der Waals surface area contributed by atoms with Crippen molar-refractivity contribution < 1.29 is 18.5 Å². The summed E-state index contributed by atoms with van der Waals surface area (Å²) < 4.78 is 30.8. The summed E-state index contributed by atoms with van der Waals surface area (Å²) in [5.41, 5.74) is 4.83. The van der Waals surface area contributed by atoms with Crippen molar-refractivity contribution >= 4 is 18.3 Å². The third kappa shape index (κ3) is 1.10. The van der Waals surface area contributed by atoms with Gasteiger partial charge in [-0.15, -0.1) is 0 Å². The van der Waals surface area contributed by atoms with Gasteiger partial charge in [0.05, 0.1) is 6.61 Å². The van der Waals surface area contributed by atoms with Crippen molar-refractivity contribution in [1.29, 1.82) is 0 Å². The Morgan fingerprint density at radius 1 is 1.54 bits per heavy atom. The normalized spacial score (nSPS) is 14.8. The highest BCUT2D eigenvalue weighted by Crippen LogP contribution is 2.21. The van der Waals surface area contributed by atoms with Gasteiger partial charge < -0.3 is 15.4 Å². The molecular formula is C7H6BF2NO2. The van der Waals surface area contributed by atoms with Crippen LogP contribution in [0.25, 0.3) is 0 Å². The highest BCUT2D eigenvalue weighted by molar-refractivity contribution is 6.61. The number of fused-ring (bicyclic) bond motifs is 1. The Labute approximate surface area is 73.3 Å². The van der Waals surface area contributed by atoms with E-state index in [0.717, 1.165) is 6.07 Å². The third-order valence-corrected chi connectivity index (χ3v) is 2.04. The van der Waals surface area contributed by atoms with Crippen molar-refractivity contribution in [3.05, 3.63) is 23.3 Å². The van der Waals surface area contributed by atoms with Crippen molar-refractivity contribution in [2.45, 2.75) is 6.61 Å². The van der Waals surface area contributed by atoms with Crippen molar-refractivity contribution in [3.63, 3.8) is 0 Å². The average Bonchev–Trinajstić information content (AvgIpc) is 2.45. The van der Waals surface area contributed by atoms with Gasteiger partial charge >= 0.3 is 7.12 Å². The van der Waals surface area contributed by atoms with Crippen molar-refractivity contribution in [1.82, 2.24) is 0 Å². The van der Waals surface area contributed by atoms with Gasteiger partial charge in [0.15, 0.2) is 5.82 Å². The maximum atomic E-state index is 13.2. The van der Waals surface area contributed by atoms with Gasteiger partial charge in [-0.25, -0.2) is 8.78 Å². The van der Waals surface area contributed by atoms with E-state index in [1.165, 1.54) is 0 Å². The van der Waals surface area contributed by atoms with Crippen molar-refractivity contribution in [2.75, 3.05) is 5.73 Å². The fourth-order valence-corrected chi connectivity index (χ4v) is 1.31. The number of anilines is 1. The SMILES string of the molecule is Nc1c(F)cc2c(c1F)COB2O. The lowest BCUT2D eigenvalue weighted by Crippen LogP contribution is -2.29. The minimum absolute atomic E-state index is 0.0766. The molecular weight excluding hydrogens is 179 g/mol. The molecule has 6 heteroatoms. The molecule has 0 atom stereocenters. The molecule has 13 heavy (non-hydrogen) atoms. The summed E-state index contributed by atoms with van der Waals surface area (Å²) in [4.78, 5) is 0. The van der Waals surface area contributed by atoms with E-state index in [1.807, 2.05) is 0 Å². The Bertz CT molecular complexity index is 372. The Kier molecular flexibility index (Phi) is 1.74. The maximum absolute atomic E-state index is 13.2. The molecule has 68 valence electrons. The van der Waals surface area contributed by atoms with Crippen LogP contribution in [-0.2, 0) is 11.3 Å². The van der Waals surface area contributed by atoms with Crippen LogP contribution in [0.4, 0.5) is 14.5 Å². The molecule has 0 saturated heterocycles. The number of nitrogens with two attached hydrogens (primary N) is 1. The summed E-state index contributed by atoms with van der Waals surface area (Å²) in [7, 11) is -1.25. The van der Waals surface area contributed by atoms with Gasteiger partial charge in [0, 0.05) is 5.56 Å². The molecule has 0 aromatic heterocycles. The van der Waals surface area contributed by atoms with Crippen molar-refractivity contribution in [2.24, 2.45) is 0 Å². The molecule has 0 aliphatic carbocycles. The van der Waals surface area contributed by atoms with E-state index in [4.69, 9.17) is 15.4 Å². The zero-order chi connectivity index (χ0) is 9.59. The number of halogens is 2. The largest absolute Gasteiger partial charge is 0.491 e. The Balaban J connectivity index is 2.67. The van der Waals surface area contributed by atoms with Gasteiger partial charge in [-0.3, -0.25) is 0 Å². The van der Waals surface area contributed by atoms with Gasteiger partial charge in [0.25, 0.3) is 0 Å². The third-order valence-electron chi connectivity index (χ3n) is 2.04. The number of benzene rings is 1. The van der Waals surface area contributed by atoms with E-state index in [0.29, 0.717) is 0 Å². The minimum Gasteiger partial charge on any atom is -0.423 e. The summed E-state index contributed by atoms with van der Waals surface area (Å²) >= 11 is 0. The number of hydrogen-bond donors (Lipinski definition) is 2. The van der Waals surface area contributed by atoms with E-state index >= 15 is 0 Å². The molecule has 0 radical (unpaired) electrons. The molecule has 1 heterocycles. The molecule has 0 unspecified atom stereocenters. The highest BCUT2D eigenvalue weighted by atomic mass is 19.1. The summed E-state index contributed by atoms with van der Waals surface area (Å²) in [6.07, 6.45) is 0. The summed E-state index contributed by atoms with van der Waals surface area (Å²) in [6.45, 7) is -0.0766. The molecule has 1 aromatic carbocycles. The molecule has 1 aromatic rings. The molecule has 1 aliphatic heterocycles. The van der Waals surface area contributed by atoms with Gasteiger partial charge in [0.2, 0.25) is 0 Å². The number of hydrogen-bond acceptors (Lipinski definition) is 3. The fraction of sp³-hybridized carbons (Fsp3) is 0.143. The molecule has 3 nitrogen and oxygen atoms in total. The van der Waals surface area contributed by atoms with Crippen LogP contribution < -0.4 is 11.2 Å². The molecule has 2 rings (SSSR count). The van der Waals surface area contributed by atoms with Crippen LogP contribution in [0, 0.1) is 11.6 Å². The lowest BCUT2D eigenvalue weighted by molar-refractivity contribution is 0.272. The van der Waals surface area contributed by atoms with Crippen LogP contribution >= 0.6 is 0 Å². The highest BCUT2D eigenvalue weighted by Gasteiger charge is 2.31. The topological polar surface area (TPSA) is 55.5 Å². The molecule has 0 saturated carbocycles. The van der Waals surface area contributed by atoms with E-state index in [-0.39, 0.29) is 17.6 Å². The zero-order valence-electron chi connectivity index (χ0n) is 6.55. The van der Waals surface area contributed by atoms with Crippen LogP contribution in [0.1, 0.15) is 5.56 Å². The van der Waals surface area contributed by atoms with Gasteiger partial charge in [-0.05, 0) is 11.5 Å². The molecule has 1 aliphatic rings. The quantitative estimate of drug-likeness (QED) is 0.433. The summed E-state index contributed by atoms with van der Waals surface area (Å²) in [6, 6.07) is 0.991. The molecule has 0 spiro atoms. The van der Waals surface area contributed by atoms with Crippen molar-refractivity contribution in [3.8, 4) is 0 Å². The van der Waals surface area contributed by atoms with E-state index in [1.54, 1.807) is 0 Å². The fourth-order valence-electron chi connectivity index (χ4n) is 1.31. The van der Waals surface area contributed by atoms with Gasteiger partial charge in [-0.2, -0.15) is 0 Å². The first-order valence-electron chi connectivity index (χ1n) is 3.67. The molecule has 0 fully saturated rings. The lowest BCUT2D eigenvalue weighted by atomic mass is 9.79. The van der Waals surface area contributed by atoms with E-state index in [2.05, 4.69) is 0 Å². The second-order valence-corrected chi connectivity index (χ2v) is 2.82. The monoisotopic (exact) mass is 185 g/mol. The first-order valence-corrected chi connectivity index (χ1v) is 3.67. The Hall–Kier alpha value is -1.14. The predicted octanol–water partition coefficient (Wildman–Crippen LogP) is -0.235. The summed E-state index contributed by atoms with van der Waals surface area (Å²) in [5.74, 6) is -1.72. The first kappa shape index (κ1) is 8.46. The van der Waals surface area contributed by atoms with Crippen LogP contribution in [0.3, 0.4) is 0 Å². The standard InChI is InChI=1S/C7H6BF2NO2/c9-5-1-4-3(2-13-8(4)12)6(10)7(5)11/h1,12H,2,11H2. The Morgan fingerprint density at radius 2 is 2.23 bits per heavy atom. The predicted molar refractivity (Wildman–Crippen MR) is 43.2 cm³/mol. The zero-order valence-corrected chi connectivity index (χ0v) is 6.55. The molecule has 3 N–H and O–H groups in total. The maximum Gasteiger partial charge on any atom is 0.491 e. The second kappa shape index (κ2) is 2.68. The van der Waals surface area contributed by atoms with Crippen LogP contribution in [-0.4, -0.2) is 12.1 Å². The van der Waals surface area contributed by atoms with Crippen LogP contribution in [0.5, 0.6) is 0 Å². The van der Waals surface area contributed by atoms with E-state index < -0.39 is 24.4 Å². The van der Waals surface area contributed by atoms with Gasteiger partial charge in [-0.1, -0.05) is 0 Å². The Morgan fingerprint density at radius 3 is 2.92 bits per heavy atom. The lowest BCUT2D eigenvalue weighted by Gasteiger charge is -2.03. The number of nitrogen functional groups attached to an aromatic ring is 1. The van der Waals surface area contributed by atoms with Crippen LogP contribution in [0.15, 0.2) is 6.07 Å². The average molecular weight is 185 g/mol. The summed E-state index contributed by atoms with van der Waals surface area (Å²) in [5, 5.41) is 9.12. The first-order chi connectivity index (χ1) is 6.11. The second-order valence-electron chi connectivity index (χ2n) is 2.82.